The summed E-state index contributed by atoms with van der Waals surface area (Å²) in [4.78, 5) is 22.7. The fourth-order valence-electron chi connectivity index (χ4n) is 2.20. The van der Waals surface area contributed by atoms with Crippen LogP contribution in [0.1, 0.15) is 78.1 Å². The number of nitrogens with two attached hydrogens (primary N) is 1. The average Bonchev–Trinajstić information content (AvgIpc) is 2.51. The summed E-state index contributed by atoms with van der Waals surface area (Å²) in [5.41, 5.74) is 4.55. The van der Waals surface area contributed by atoms with Gasteiger partial charge in [-0.2, -0.15) is 0 Å². The van der Waals surface area contributed by atoms with Gasteiger partial charge in [0.05, 0.1) is 0 Å². The lowest BCUT2D eigenvalue weighted by molar-refractivity contribution is -0.149. The number of aliphatic carboxylic acids is 2. The number of carboxylic acids is 2. The van der Waals surface area contributed by atoms with Crippen LogP contribution in [0.5, 0.6) is 0 Å². The maximum absolute atomic E-state index is 10.9. The zero-order valence-corrected chi connectivity index (χ0v) is 16.0. The summed E-state index contributed by atoms with van der Waals surface area (Å²) in [7, 11) is 3.54. The van der Waals surface area contributed by atoms with E-state index in [1.54, 1.807) is 25.9 Å². The van der Waals surface area contributed by atoms with E-state index in [-0.39, 0.29) is 0 Å². The van der Waals surface area contributed by atoms with E-state index < -0.39 is 17.5 Å². The van der Waals surface area contributed by atoms with Gasteiger partial charge < -0.3 is 15.9 Å². The molecule has 0 aliphatic heterocycles. The van der Waals surface area contributed by atoms with Crippen LogP contribution in [0.25, 0.3) is 0 Å². The standard InChI is InChI=1S/C10H20O2.C8H18N2O2/c1-2-3-4-5-6-7-8-9-10(11)12;1-8(7(11)12,10(2)3)5-4-6-9/h2-9H2,1H3,(H,11,12);4-6,9H2,1-3H3,(H,11,12). The fraction of sp³-hybridized carbons (Fsp3) is 0.889. The normalized spacial score (nSPS) is 13.1. The second kappa shape index (κ2) is 15.4. The summed E-state index contributed by atoms with van der Waals surface area (Å²) >= 11 is 0. The molecule has 0 saturated carbocycles. The number of unbranched alkanes of at least 4 members (excludes halogenated alkanes) is 6. The van der Waals surface area contributed by atoms with Crippen LogP contribution in [0.15, 0.2) is 0 Å². The molecule has 0 spiro atoms. The van der Waals surface area contributed by atoms with Crippen LogP contribution in [0, 0.1) is 0 Å². The Labute approximate surface area is 147 Å². The lowest BCUT2D eigenvalue weighted by Gasteiger charge is -2.31. The minimum absolute atomic E-state index is 0.341. The second-order valence-corrected chi connectivity index (χ2v) is 6.63. The minimum atomic E-state index is -0.791. The highest BCUT2D eigenvalue weighted by Crippen LogP contribution is 2.18. The third-order valence-corrected chi connectivity index (χ3v) is 4.31. The molecule has 24 heavy (non-hydrogen) atoms. The van der Waals surface area contributed by atoms with E-state index in [0.29, 0.717) is 19.4 Å². The van der Waals surface area contributed by atoms with Crippen LogP contribution in [0.3, 0.4) is 0 Å². The Hall–Kier alpha value is -1.14. The molecule has 0 aromatic carbocycles. The van der Waals surface area contributed by atoms with Crippen LogP contribution in [0.4, 0.5) is 0 Å². The number of rotatable bonds is 13. The fourth-order valence-corrected chi connectivity index (χ4v) is 2.20. The molecule has 0 heterocycles. The maximum Gasteiger partial charge on any atom is 0.323 e. The molecular formula is C18H38N2O4. The molecule has 0 aromatic heterocycles. The van der Waals surface area contributed by atoms with Crippen molar-refractivity contribution >= 4 is 11.9 Å². The molecule has 1 atom stereocenters. The molecule has 0 saturated heterocycles. The quantitative estimate of drug-likeness (QED) is 0.442. The average molecular weight is 347 g/mol. The first-order chi connectivity index (χ1) is 11.2. The molecular weight excluding hydrogens is 308 g/mol. The summed E-state index contributed by atoms with van der Waals surface area (Å²) in [6.07, 6.45) is 9.97. The van der Waals surface area contributed by atoms with Crippen molar-refractivity contribution in [1.82, 2.24) is 4.90 Å². The van der Waals surface area contributed by atoms with Crippen LogP contribution < -0.4 is 5.73 Å². The topological polar surface area (TPSA) is 104 Å². The van der Waals surface area contributed by atoms with Crippen LogP contribution in [0.2, 0.25) is 0 Å². The highest BCUT2D eigenvalue weighted by Gasteiger charge is 2.34. The van der Waals surface area contributed by atoms with E-state index in [1.165, 1.54) is 32.1 Å². The van der Waals surface area contributed by atoms with Crippen molar-refractivity contribution in [1.29, 1.82) is 0 Å². The van der Waals surface area contributed by atoms with Gasteiger partial charge in [0.15, 0.2) is 0 Å². The van der Waals surface area contributed by atoms with Crippen molar-refractivity contribution in [3.63, 3.8) is 0 Å². The van der Waals surface area contributed by atoms with Gasteiger partial charge in [0.1, 0.15) is 5.54 Å². The first kappa shape index (κ1) is 25.1. The molecule has 0 radical (unpaired) electrons. The van der Waals surface area contributed by atoms with E-state index >= 15 is 0 Å². The second-order valence-electron chi connectivity index (χ2n) is 6.63. The smallest absolute Gasteiger partial charge is 0.323 e. The number of hydrogen-bond donors (Lipinski definition) is 3. The Bertz CT molecular complexity index is 335. The van der Waals surface area contributed by atoms with Gasteiger partial charge in [-0.25, -0.2) is 0 Å². The Balaban J connectivity index is 0. The Morgan fingerprint density at radius 1 is 0.958 bits per heavy atom. The molecule has 0 aliphatic rings. The van der Waals surface area contributed by atoms with E-state index in [9.17, 15) is 9.59 Å². The SMILES string of the molecule is CCCCCCCCCC(=O)O.CN(C)C(C)(CCCN)C(=O)O. The lowest BCUT2D eigenvalue weighted by Crippen LogP contribution is -2.48. The lowest BCUT2D eigenvalue weighted by atomic mass is 9.95. The molecule has 0 fully saturated rings. The predicted molar refractivity (Wildman–Crippen MR) is 98.3 cm³/mol. The highest BCUT2D eigenvalue weighted by molar-refractivity contribution is 5.78. The monoisotopic (exact) mass is 346 g/mol. The number of likely N-dealkylation sites (N-methyl/N-ethyl adjacent to an activating group) is 1. The van der Waals surface area contributed by atoms with Gasteiger partial charge in [-0.1, -0.05) is 45.4 Å². The molecule has 0 rings (SSSR count). The molecule has 6 nitrogen and oxygen atoms in total. The third kappa shape index (κ3) is 13.3. The molecule has 1 unspecified atom stereocenters. The Morgan fingerprint density at radius 3 is 1.83 bits per heavy atom. The first-order valence-electron chi connectivity index (χ1n) is 9.05. The van der Waals surface area contributed by atoms with Crippen LogP contribution >= 0.6 is 0 Å². The largest absolute Gasteiger partial charge is 0.481 e. The van der Waals surface area contributed by atoms with Crippen molar-refractivity contribution in [2.45, 2.75) is 83.6 Å². The van der Waals surface area contributed by atoms with Crippen molar-refractivity contribution in [2.24, 2.45) is 5.73 Å². The van der Waals surface area contributed by atoms with Crippen molar-refractivity contribution < 1.29 is 19.8 Å². The van der Waals surface area contributed by atoms with Crippen LogP contribution in [-0.2, 0) is 9.59 Å². The molecule has 6 heteroatoms. The zero-order chi connectivity index (χ0) is 19.0. The van der Waals surface area contributed by atoms with E-state index in [0.717, 1.165) is 19.3 Å². The van der Waals surface area contributed by atoms with Gasteiger partial charge in [0.2, 0.25) is 0 Å². The summed E-state index contributed by atoms with van der Waals surface area (Å²) < 4.78 is 0. The summed E-state index contributed by atoms with van der Waals surface area (Å²) in [6, 6.07) is 0. The summed E-state index contributed by atoms with van der Waals surface area (Å²) in [6.45, 7) is 4.45. The van der Waals surface area contributed by atoms with Crippen molar-refractivity contribution in [2.75, 3.05) is 20.6 Å². The highest BCUT2D eigenvalue weighted by atomic mass is 16.4. The zero-order valence-electron chi connectivity index (χ0n) is 16.0. The van der Waals surface area contributed by atoms with Gasteiger partial charge in [-0.15, -0.1) is 0 Å². The maximum atomic E-state index is 10.9. The van der Waals surface area contributed by atoms with Crippen molar-refractivity contribution in [3.05, 3.63) is 0 Å². The predicted octanol–water partition coefficient (Wildman–Crippen LogP) is 3.34. The van der Waals surface area contributed by atoms with Crippen LogP contribution in [-0.4, -0.2) is 53.2 Å². The summed E-state index contributed by atoms with van der Waals surface area (Å²) in [5, 5.41) is 17.3. The molecule has 0 amide bonds. The Kier molecular flexibility index (Phi) is 16.1. The van der Waals surface area contributed by atoms with E-state index in [2.05, 4.69) is 6.92 Å². The minimum Gasteiger partial charge on any atom is -0.481 e. The van der Waals surface area contributed by atoms with Gasteiger partial charge in [-0.05, 0) is 46.8 Å². The molecule has 0 aliphatic carbocycles. The number of nitrogens with zero attached hydrogens (tertiary/aromatic N) is 1. The summed E-state index contributed by atoms with van der Waals surface area (Å²) in [5.74, 6) is -1.45. The van der Waals surface area contributed by atoms with Gasteiger partial charge in [-0.3, -0.25) is 14.5 Å². The number of hydrogen-bond acceptors (Lipinski definition) is 4. The molecule has 0 aromatic rings. The number of carbonyl (C=O) groups is 2. The van der Waals surface area contributed by atoms with Gasteiger partial charge in [0, 0.05) is 6.42 Å². The van der Waals surface area contributed by atoms with E-state index in [1.807, 2.05) is 0 Å². The van der Waals surface area contributed by atoms with Gasteiger partial charge in [0.25, 0.3) is 0 Å². The molecule has 144 valence electrons. The first-order valence-corrected chi connectivity index (χ1v) is 9.05. The third-order valence-electron chi connectivity index (χ3n) is 4.31. The van der Waals surface area contributed by atoms with E-state index in [4.69, 9.17) is 15.9 Å². The van der Waals surface area contributed by atoms with Gasteiger partial charge >= 0.3 is 11.9 Å². The Morgan fingerprint density at radius 2 is 1.46 bits per heavy atom. The number of carboxylic acid groups (broad SMARTS) is 2. The molecule has 0 bridgehead atoms. The molecule has 4 N–H and O–H groups in total. The van der Waals surface area contributed by atoms with Crippen molar-refractivity contribution in [3.8, 4) is 0 Å².